The highest BCUT2D eigenvalue weighted by atomic mass is 35.5. The first-order valence-corrected chi connectivity index (χ1v) is 25.1. The third-order valence-electron chi connectivity index (χ3n) is 13.5. The van der Waals surface area contributed by atoms with Gasteiger partial charge in [0.1, 0.15) is 21.9 Å². The van der Waals surface area contributed by atoms with E-state index in [0.717, 1.165) is 56.7 Å². The van der Waals surface area contributed by atoms with Crippen LogP contribution >= 0.6 is 35.0 Å². The fourth-order valence-electron chi connectivity index (χ4n) is 9.78. The second-order valence-electron chi connectivity index (χ2n) is 18.1. The first kappa shape index (κ1) is 50.0. The number of halogens is 4. The Morgan fingerprint density at radius 2 is 1.62 bits per heavy atom. The van der Waals surface area contributed by atoms with E-state index in [2.05, 4.69) is 10.2 Å². The molecule has 1 saturated carbocycles. The summed E-state index contributed by atoms with van der Waals surface area (Å²) >= 11 is 14.5. The third kappa shape index (κ3) is 11.7. The molecule has 0 radical (unpaired) electrons. The van der Waals surface area contributed by atoms with E-state index < -0.39 is 41.5 Å². The number of rotatable bonds is 19. The zero-order valence-corrected chi connectivity index (χ0v) is 40.6. The van der Waals surface area contributed by atoms with Gasteiger partial charge in [-0.25, -0.2) is 14.4 Å². The standard InChI is InChI=1S/C52H50Cl2F2N4O10S/c53-42-27-60(65)28-43(54)40(42)25-41(36-14-15-44(69-50(55)56)45(24-36)66-30-32-12-13-32)52(49(63)67-31-61)59(20-21-71-52)26-33-6-4-10-38(22-33)48(62)68-39-11-5-9-37(23-39)47(35-7-2-1-3-8-35)57-51(64)70-46-29-58-18-16-34(46)17-19-58/h1-11,14-15,22-24,27-28,31-32,34,41,46-47,50H,12-13,16-21,25-26,29-30H2,(H,57,64)/t41-,46-,47?,52-/m0/s1. The van der Waals surface area contributed by atoms with Gasteiger partial charge in [0.15, 0.2) is 28.8 Å². The second-order valence-corrected chi connectivity index (χ2v) is 20.2. The van der Waals surface area contributed by atoms with Crippen molar-refractivity contribution >= 4 is 59.5 Å². The molecule has 4 atom stereocenters. The van der Waals surface area contributed by atoms with Crippen LogP contribution in [-0.2, 0) is 32.0 Å². The van der Waals surface area contributed by atoms with Crippen molar-refractivity contribution in [3.05, 3.63) is 158 Å². The van der Waals surface area contributed by atoms with Gasteiger partial charge >= 0.3 is 31.1 Å². The number of nitrogens with zero attached hydrogens (tertiary/aromatic N) is 3. The van der Waals surface area contributed by atoms with Crippen LogP contribution in [0.1, 0.15) is 75.8 Å². The summed E-state index contributed by atoms with van der Waals surface area (Å²) in [6.07, 6.45) is 5.24. The molecule has 71 heavy (non-hydrogen) atoms. The van der Waals surface area contributed by atoms with Crippen molar-refractivity contribution in [1.82, 2.24) is 15.1 Å². The van der Waals surface area contributed by atoms with Crippen molar-refractivity contribution in [2.45, 2.75) is 68.2 Å². The van der Waals surface area contributed by atoms with Crippen molar-refractivity contribution in [2.75, 3.05) is 38.5 Å². The fraction of sp³-hybridized carbons (Fsp3) is 0.365. The number of pyridine rings is 1. The SMILES string of the molecule is O=COC(=O)[C@]1([C@@H](Cc2c(Cl)c[n+]([O-])cc2Cl)c2ccc(OC(F)F)c(OCC3CC3)c2)SCCN1Cc1cccc(C(=O)Oc2cccc(C(NC(=O)O[C@H]3CN4CCC3CC4)c3ccccc3)c2)c1. The van der Waals surface area contributed by atoms with Gasteiger partial charge in [0.2, 0.25) is 0 Å². The topological polar surface area (TPSA) is 160 Å². The maximum atomic E-state index is 14.5. The molecular weight excluding hydrogens is 982 g/mol. The highest BCUT2D eigenvalue weighted by Gasteiger charge is 2.56. The molecule has 5 heterocycles. The summed E-state index contributed by atoms with van der Waals surface area (Å²) in [4.78, 5) is 56.4. The van der Waals surface area contributed by atoms with Crippen LogP contribution in [0.15, 0.2) is 109 Å². The summed E-state index contributed by atoms with van der Waals surface area (Å²) in [6.45, 7) is 0.206. The molecule has 1 unspecified atom stereocenters. The van der Waals surface area contributed by atoms with Gasteiger partial charge in [0, 0.05) is 36.9 Å². The number of hydrogen-bond donors (Lipinski definition) is 1. The summed E-state index contributed by atoms with van der Waals surface area (Å²) in [5.74, 6) is -1.62. The molecule has 10 rings (SSSR count). The van der Waals surface area contributed by atoms with Crippen LogP contribution in [0.2, 0.25) is 10.0 Å². The molecule has 5 aliphatic rings. The summed E-state index contributed by atoms with van der Waals surface area (Å²) in [6, 6.07) is 26.8. The molecule has 1 N–H and O–H groups in total. The van der Waals surface area contributed by atoms with E-state index in [-0.39, 0.29) is 77.5 Å². The third-order valence-corrected chi connectivity index (χ3v) is 15.7. The van der Waals surface area contributed by atoms with Crippen molar-refractivity contribution in [1.29, 1.82) is 0 Å². The molecule has 19 heteroatoms. The van der Waals surface area contributed by atoms with Crippen LogP contribution in [0, 0.1) is 17.0 Å². The largest absolute Gasteiger partial charge is 0.619 e. The monoisotopic (exact) mass is 1030 g/mol. The van der Waals surface area contributed by atoms with Gasteiger partial charge in [-0.1, -0.05) is 83.9 Å². The van der Waals surface area contributed by atoms with Crippen LogP contribution in [0.4, 0.5) is 13.6 Å². The fourth-order valence-corrected chi connectivity index (χ4v) is 11.9. The lowest BCUT2D eigenvalue weighted by Gasteiger charge is -2.43. The number of aromatic nitrogens is 1. The number of amides is 1. The van der Waals surface area contributed by atoms with Crippen LogP contribution in [0.3, 0.4) is 0 Å². The maximum Gasteiger partial charge on any atom is 0.408 e. The Labute approximate surface area is 423 Å². The number of thioether (sulfide) groups is 1. The average molecular weight is 1030 g/mol. The Hall–Kier alpha value is -5.98. The Morgan fingerprint density at radius 1 is 0.873 bits per heavy atom. The van der Waals surface area contributed by atoms with E-state index in [1.165, 1.54) is 30.0 Å². The zero-order chi connectivity index (χ0) is 49.6. The lowest BCUT2D eigenvalue weighted by Crippen LogP contribution is -2.54. The molecule has 4 aromatic carbocycles. The first-order valence-electron chi connectivity index (χ1n) is 23.3. The van der Waals surface area contributed by atoms with Crippen molar-refractivity contribution in [2.24, 2.45) is 11.8 Å². The second kappa shape index (κ2) is 22.2. The Kier molecular flexibility index (Phi) is 15.6. The minimum absolute atomic E-state index is 0.000387. The number of fused-ring (bicyclic) bond motifs is 3. The van der Waals surface area contributed by atoms with Gasteiger partial charge in [-0.15, -0.1) is 11.8 Å². The van der Waals surface area contributed by atoms with Crippen LogP contribution < -0.4 is 24.3 Å². The van der Waals surface area contributed by atoms with E-state index >= 15 is 0 Å². The number of esters is 2. The van der Waals surface area contributed by atoms with E-state index in [0.29, 0.717) is 45.2 Å². The van der Waals surface area contributed by atoms with Crippen LogP contribution in [-0.4, -0.2) is 90.4 Å². The van der Waals surface area contributed by atoms with Gasteiger partial charge in [0.05, 0.1) is 18.2 Å². The predicted molar refractivity (Wildman–Crippen MR) is 260 cm³/mol. The number of nitrogens with one attached hydrogen (secondary N) is 1. The average Bonchev–Trinajstić information content (AvgIpc) is 4.11. The number of piperidine rings is 3. The minimum Gasteiger partial charge on any atom is -0.619 e. The summed E-state index contributed by atoms with van der Waals surface area (Å²) < 4.78 is 55.8. The normalized spacial score (nSPS) is 21.5. The molecule has 0 spiro atoms. The number of ether oxygens (including phenoxy) is 5. The molecule has 1 amide bonds. The van der Waals surface area contributed by atoms with Crippen molar-refractivity contribution < 1.29 is 56.4 Å². The van der Waals surface area contributed by atoms with Gasteiger partial charge in [-0.2, -0.15) is 13.5 Å². The van der Waals surface area contributed by atoms with E-state index in [1.807, 2.05) is 41.3 Å². The molecule has 4 saturated heterocycles. The molecular formula is C52H50Cl2F2N4O10S. The number of benzene rings is 4. The van der Waals surface area contributed by atoms with Gasteiger partial charge < -0.3 is 34.2 Å². The Bertz CT molecular complexity index is 2730. The number of carbonyl (C=O) groups excluding carboxylic acids is 4. The highest BCUT2D eigenvalue weighted by Crippen LogP contribution is 2.52. The smallest absolute Gasteiger partial charge is 0.408 e. The molecule has 14 nitrogen and oxygen atoms in total. The Morgan fingerprint density at radius 3 is 2.32 bits per heavy atom. The van der Waals surface area contributed by atoms with Gasteiger partial charge in [-0.3, -0.25) is 14.6 Å². The highest BCUT2D eigenvalue weighted by molar-refractivity contribution is 8.01. The number of alkyl carbamates (subject to hydrolysis) is 1. The number of carbonyl (C=O) groups is 4. The quantitative estimate of drug-likeness (QED) is 0.0209. The minimum atomic E-state index is -3.15. The molecule has 5 fully saturated rings. The zero-order valence-electron chi connectivity index (χ0n) is 38.3. The number of hydrogen-bond acceptors (Lipinski definition) is 13. The van der Waals surface area contributed by atoms with E-state index in [4.69, 9.17) is 46.9 Å². The predicted octanol–water partition coefficient (Wildman–Crippen LogP) is 9.12. The molecule has 4 aliphatic heterocycles. The van der Waals surface area contributed by atoms with Gasteiger partial charge in [-0.05, 0) is 116 Å². The summed E-state index contributed by atoms with van der Waals surface area (Å²) in [5.41, 5.74) is 2.94. The molecule has 1 aliphatic carbocycles. The van der Waals surface area contributed by atoms with Crippen LogP contribution in [0.25, 0.3) is 0 Å². The molecule has 1 aromatic heterocycles. The molecule has 2 bridgehead atoms. The Balaban J connectivity index is 0.990. The van der Waals surface area contributed by atoms with Crippen molar-refractivity contribution in [3.63, 3.8) is 0 Å². The summed E-state index contributed by atoms with van der Waals surface area (Å²) in [7, 11) is 0. The lowest BCUT2D eigenvalue weighted by molar-refractivity contribution is -0.605. The maximum absolute atomic E-state index is 14.5. The van der Waals surface area contributed by atoms with Crippen molar-refractivity contribution in [3.8, 4) is 17.2 Å². The molecule has 372 valence electrons. The van der Waals surface area contributed by atoms with Crippen LogP contribution in [0.5, 0.6) is 17.2 Å². The lowest BCUT2D eigenvalue weighted by atomic mass is 9.83. The van der Waals surface area contributed by atoms with Gasteiger partial charge in [0.25, 0.3) is 0 Å². The number of alkyl halides is 2. The first-order chi connectivity index (χ1) is 34.4. The summed E-state index contributed by atoms with van der Waals surface area (Å²) in [5, 5.41) is 15.4. The molecule has 5 aromatic rings. The van der Waals surface area contributed by atoms with E-state index in [9.17, 15) is 33.2 Å². The van der Waals surface area contributed by atoms with E-state index in [1.54, 1.807) is 42.5 Å².